The summed E-state index contributed by atoms with van der Waals surface area (Å²) in [5.74, 6) is 1.04. The number of aryl methyl sites for hydroxylation is 1. The number of furan rings is 1. The number of fused-ring (bicyclic) bond motifs is 1. The van der Waals surface area contributed by atoms with Gasteiger partial charge in [-0.1, -0.05) is 31.0 Å². The molecule has 0 bridgehead atoms. The second kappa shape index (κ2) is 7.46. The van der Waals surface area contributed by atoms with Crippen molar-refractivity contribution in [2.45, 2.75) is 45.6 Å². The second-order valence-corrected chi connectivity index (χ2v) is 5.40. The van der Waals surface area contributed by atoms with Gasteiger partial charge in [0.15, 0.2) is 0 Å². The Kier molecular flexibility index (Phi) is 5.62. The Balaban J connectivity index is 1.88. The van der Waals surface area contributed by atoms with Crippen LogP contribution in [0.4, 0.5) is 0 Å². The van der Waals surface area contributed by atoms with Gasteiger partial charge in [0.05, 0.1) is 6.04 Å². The molecule has 0 aliphatic heterocycles. The van der Waals surface area contributed by atoms with E-state index >= 15 is 0 Å². The Morgan fingerprint density at radius 3 is 2.65 bits per heavy atom. The fourth-order valence-electron chi connectivity index (χ4n) is 2.61. The molecule has 1 aromatic heterocycles. The van der Waals surface area contributed by atoms with Crippen molar-refractivity contribution >= 4 is 11.0 Å². The summed E-state index contributed by atoms with van der Waals surface area (Å²) in [6.07, 6.45) is 4.33. The third kappa shape index (κ3) is 3.62. The standard InChI is InChI=1S/C17H25NO2/c1-13-15-9-5-6-10-16(15)20-17(13)14(2)18-11-7-3-4-8-12-19/h5-6,9-10,14,18-19H,3-4,7-8,11-12H2,1-2H3. The first-order valence-corrected chi connectivity index (χ1v) is 7.56. The molecule has 1 atom stereocenters. The van der Waals surface area contributed by atoms with Crippen LogP contribution in [0.15, 0.2) is 28.7 Å². The largest absolute Gasteiger partial charge is 0.459 e. The molecule has 20 heavy (non-hydrogen) atoms. The Morgan fingerprint density at radius 1 is 1.15 bits per heavy atom. The van der Waals surface area contributed by atoms with Gasteiger partial charge in [-0.05, 0) is 44.9 Å². The lowest BCUT2D eigenvalue weighted by Crippen LogP contribution is -2.20. The summed E-state index contributed by atoms with van der Waals surface area (Å²) in [6, 6.07) is 8.43. The van der Waals surface area contributed by atoms with E-state index in [1.807, 2.05) is 18.2 Å². The molecule has 110 valence electrons. The zero-order chi connectivity index (χ0) is 14.4. The average Bonchev–Trinajstić information content (AvgIpc) is 2.80. The first kappa shape index (κ1) is 15.1. The minimum Gasteiger partial charge on any atom is -0.459 e. The van der Waals surface area contributed by atoms with Crippen molar-refractivity contribution in [2.24, 2.45) is 0 Å². The molecule has 1 heterocycles. The van der Waals surface area contributed by atoms with Gasteiger partial charge in [0.1, 0.15) is 11.3 Å². The van der Waals surface area contributed by atoms with Crippen molar-refractivity contribution in [1.29, 1.82) is 0 Å². The smallest absolute Gasteiger partial charge is 0.134 e. The van der Waals surface area contributed by atoms with Gasteiger partial charge in [-0.25, -0.2) is 0 Å². The van der Waals surface area contributed by atoms with E-state index in [4.69, 9.17) is 9.52 Å². The van der Waals surface area contributed by atoms with Gasteiger partial charge in [0.2, 0.25) is 0 Å². The fourth-order valence-corrected chi connectivity index (χ4v) is 2.61. The van der Waals surface area contributed by atoms with E-state index in [0.717, 1.165) is 37.2 Å². The Morgan fingerprint density at radius 2 is 1.90 bits per heavy atom. The summed E-state index contributed by atoms with van der Waals surface area (Å²) in [7, 11) is 0. The van der Waals surface area contributed by atoms with E-state index < -0.39 is 0 Å². The van der Waals surface area contributed by atoms with Gasteiger partial charge in [0.25, 0.3) is 0 Å². The van der Waals surface area contributed by atoms with Crippen LogP contribution in [0.2, 0.25) is 0 Å². The Hall–Kier alpha value is -1.32. The summed E-state index contributed by atoms with van der Waals surface area (Å²) >= 11 is 0. The van der Waals surface area contributed by atoms with Crippen LogP contribution in [0.3, 0.4) is 0 Å². The number of benzene rings is 1. The van der Waals surface area contributed by atoms with Crippen molar-refractivity contribution in [3.8, 4) is 0 Å². The number of unbranched alkanes of at least 4 members (excludes halogenated alkanes) is 3. The summed E-state index contributed by atoms with van der Waals surface area (Å²) in [6.45, 7) is 5.57. The highest BCUT2D eigenvalue weighted by Gasteiger charge is 2.15. The molecule has 1 unspecified atom stereocenters. The van der Waals surface area contributed by atoms with Crippen LogP contribution in [0.25, 0.3) is 11.0 Å². The normalized spacial score (nSPS) is 12.9. The molecule has 2 aromatic rings. The Labute approximate surface area is 121 Å². The van der Waals surface area contributed by atoms with E-state index in [1.54, 1.807) is 0 Å². The molecule has 0 radical (unpaired) electrons. The molecular formula is C17H25NO2. The minimum atomic E-state index is 0.236. The molecule has 0 amide bonds. The molecule has 0 aliphatic rings. The lowest BCUT2D eigenvalue weighted by atomic mass is 10.1. The number of hydrogen-bond donors (Lipinski definition) is 2. The maximum atomic E-state index is 8.73. The van der Waals surface area contributed by atoms with E-state index in [2.05, 4.69) is 25.2 Å². The monoisotopic (exact) mass is 275 g/mol. The average molecular weight is 275 g/mol. The first-order valence-electron chi connectivity index (χ1n) is 7.56. The molecule has 0 spiro atoms. The first-order chi connectivity index (χ1) is 9.74. The van der Waals surface area contributed by atoms with Gasteiger partial charge in [-0.15, -0.1) is 0 Å². The molecule has 2 rings (SSSR count). The lowest BCUT2D eigenvalue weighted by molar-refractivity contribution is 0.282. The number of para-hydroxylation sites is 1. The number of nitrogens with one attached hydrogen (secondary N) is 1. The Bertz CT molecular complexity index is 533. The van der Waals surface area contributed by atoms with Crippen LogP contribution in [0, 0.1) is 6.92 Å². The molecule has 0 saturated heterocycles. The topological polar surface area (TPSA) is 45.4 Å². The highest BCUT2D eigenvalue weighted by molar-refractivity contribution is 5.82. The molecule has 3 nitrogen and oxygen atoms in total. The van der Waals surface area contributed by atoms with E-state index in [1.165, 1.54) is 17.4 Å². The summed E-state index contributed by atoms with van der Waals surface area (Å²) in [4.78, 5) is 0. The molecule has 2 N–H and O–H groups in total. The van der Waals surface area contributed by atoms with Crippen LogP contribution in [-0.4, -0.2) is 18.3 Å². The zero-order valence-electron chi connectivity index (χ0n) is 12.5. The van der Waals surface area contributed by atoms with Crippen molar-refractivity contribution < 1.29 is 9.52 Å². The molecule has 1 aromatic carbocycles. The predicted octanol–water partition coefficient (Wildman–Crippen LogP) is 3.94. The highest BCUT2D eigenvalue weighted by Crippen LogP contribution is 2.29. The highest BCUT2D eigenvalue weighted by atomic mass is 16.3. The van der Waals surface area contributed by atoms with Crippen molar-refractivity contribution in [1.82, 2.24) is 5.32 Å². The number of rotatable bonds is 8. The summed E-state index contributed by atoms with van der Waals surface area (Å²) < 4.78 is 5.96. The van der Waals surface area contributed by atoms with E-state index in [-0.39, 0.29) is 6.04 Å². The molecule has 3 heteroatoms. The van der Waals surface area contributed by atoms with Crippen LogP contribution in [0.1, 0.15) is 50.0 Å². The van der Waals surface area contributed by atoms with Crippen LogP contribution < -0.4 is 5.32 Å². The molecule has 0 fully saturated rings. The van der Waals surface area contributed by atoms with Gasteiger partial charge in [-0.2, -0.15) is 0 Å². The molecule has 0 aliphatic carbocycles. The summed E-state index contributed by atoms with van der Waals surface area (Å²) in [5, 5.41) is 13.5. The second-order valence-electron chi connectivity index (χ2n) is 5.40. The van der Waals surface area contributed by atoms with Gasteiger partial charge in [0, 0.05) is 12.0 Å². The van der Waals surface area contributed by atoms with Crippen molar-refractivity contribution in [2.75, 3.05) is 13.2 Å². The maximum Gasteiger partial charge on any atom is 0.134 e. The third-order valence-electron chi connectivity index (χ3n) is 3.81. The fraction of sp³-hybridized carbons (Fsp3) is 0.529. The van der Waals surface area contributed by atoms with Crippen molar-refractivity contribution in [3.05, 3.63) is 35.6 Å². The number of hydrogen-bond acceptors (Lipinski definition) is 3. The van der Waals surface area contributed by atoms with Crippen LogP contribution >= 0.6 is 0 Å². The SMILES string of the molecule is Cc1c(C(C)NCCCCCCO)oc2ccccc12. The zero-order valence-corrected chi connectivity index (χ0v) is 12.5. The van der Waals surface area contributed by atoms with E-state index in [0.29, 0.717) is 6.61 Å². The van der Waals surface area contributed by atoms with Crippen molar-refractivity contribution in [3.63, 3.8) is 0 Å². The van der Waals surface area contributed by atoms with Crippen LogP contribution in [0.5, 0.6) is 0 Å². The molecule has 0 saturated carbocycles. The van der Waals surface area contributed by atoms with E-state index in [9.17, 15) is 0 Å². The number of aliphatic hydroxyl groups is 1. The third-order valence-corrected chi connectivity index (χ3v) is 3.81. The summed E-state index contributed by atoms with van der Waals surface area (Å²) in [5.41, 5.74) is 2.21. The van der Waals surface area contributed by atoms with Gasteiger partial charge in [-0.3, -0.25) is 0 Å². The van der Waals surface area contributed by atoms with Gasteiger partial charge >= 0.3 is 0 Å². The minimum absolute atomic E-state index is 0.236. The lowest BCUT2D eigenvalue weighted by Gasteiger charge is -2.12. The number of aliphatic hydroxyl groups excluding tert-OH is 1. The maximum absolute atomic E-state index is 8.73. The van der Waals surface area contributed by atoms with Crippen LogP contribution in [-0.2, 0) is 0 Å². The quantitative estimate of drug-likeness (QED) is 0.717. The predicted molar refractivity (Wildman–Crippen MR) is 82.9 cm³/mol. The van der Waals surface area contributed by atoms with Gasteiger partial charge < -0.3 is 14.8 Å². The molecular weight excluding hydrogens is 250 g/mol.